The van der Waals surface area contributed by atoms with Crippen molar-refractivity contribution in [1.29, 1.82) is 0 Å². The van der Waals surface area contributed by atoms with Crippen LogP contribution in [0.1, 0.15) is 0 Å². The highest BCUT2D eigenvalue weighted by Gasteiger charge is 2.15. The molecule has 0 fully saturated rings. The van der Waals surface area contributed by atoms with E-state index in [2.05, 4.69) is 10.0 Å². The molecule has 0 heterocycles. The Morgan fingerprint density at radius 1 is 1.41 bits per heavy atom. The SMILES string of the molecule is CNS(=O)(=O)c1ccc(NCC(F)F)cc1N. The van der Waals surface area contributed by atoms with Crippen LogP contribution in [0.3, 0.4) is 0 Å². The van der Waals surface area contributed by atoms with Gasteiger partial charge in [0.1, 0.15) is 4.90 Å². The lowest BCUT2D eigenvalue weighted by Gasteiger charge is -2.10. The van der Waals surface area contributed by atoms with Crippen molar-refractivity contribution in [2.75, 3.05) is 24.6 Å². The molecule has 1 aromatic rings. The van der Waals surface area contributed by atoms with Gasteiger partial charge in [0.05, 0.1) is 12.2 Å². The zero-order valence-corrected chi connectivity index (χ0v) is 9.89. The van der Waals surface area contributed by atoms with Crippen LogP contribution >= 0.6 is 0 Å². The van der Waals surface area contributed by atoms with Crippen molar-refractivity contribution < 1.29 is 17.2 Å². The van der Waals surface area contributed by atoms with Crippen LogP contribution in [-0.2, 0) is 10.0 Å². The van der Waals surface area contributed by atoms with Gasteiger partial charge in [0.25, 0.3) is 6.43 Å². The summed E-state index contributed by atoms with van der Waals surface area (Å²) in [7, 11) is -2.37. The highest BCUT2D eigenvalue weighted by atomic mass is 32.2. The average molecular weight is 265 g/mol. The number of alkyl halides is 2. The van der Waals surface area contributed by atoms with Gasteiger partial charge in [-0.15, -0.1) is 0 Å². The zero-order chi connectivity index (χ0) is 13.1. The molecule has 0 aliphatic carbocycles. The van der Waals surface area contributed by atoms with Crippen LogP contribution in [-0.4, -0.2) is 28.4 Å². The number of anilines is 2. The third-order valence-corrected chi connectivity index (χ3v) is 3.52. The van der Waals surface area contributed by atoms with Crippen molar-refractivity contribution in [3.63, 3.8) is 0 Å². The fourth-order valence-electron chi connectivity index (χ4n) is 1.21. The first kappa shape index (κ1) is 13.7. The van der Waals surface area contributed by atoms with E-state index in [0.717, 1.165) is 0 Å². The van der Waals surface area contributed by atoms with Gasteiger partial charge >= 0.3 is 0 Å². The number of nitrogens with two attached hydrogens (primary N) is 1. The number of nitrogen functional groups attached to an aromatic ring is 1. The van der Waals surface area contributed by atoms with Crippen molar-refractivity contribution in [3.05, 3.63) is 18.2 Å². The summed E-state index contributed by atoms with van der Waals surface area (Å²) in [6, 6.07) is 3.94. The Balaban J connectivity index is 2.95. The number of hydrogen-bond acceptors (Lipinski definition) is 4. The summed E-state index contributed by atoms with van der Waals surface area (Å²) in [6.45, 7) is -0.516. The molecule has 0 radical (unpaired) electrons. The van der Waals surface area contributed by atoms with Gasteiger partial charge in [-0.3, -0.25) is 0 Å². The molecule has 0 saturated carbocycles. The maximum Gasteiger partial charge on any atom is 0.255 e. The van der Waals surface area contributed by atoms with Gasteiger partial charge in [0, 0.05) is 5.69 Å². The van der Waals surface area contributed by atoms with E-state index in [1.165, 1.54) is 25.2 Å². The van der Waals surface area contributed by atoms with Gasteiger partial charge in [-0.05, 0) is 25.2 Å². The van der Waals surface area contributed by atoms with Crippen molar-refractivity contribution >= 4 is 21.4 Å². The smallest absolute Gasteiger partial charge is 0.255 e. The lowest BCUT2D eigenvalue weighted by molar-refractivity contribution is 0.163. The lowest BCUT2D eigenvalue weighted by atomic mass is 10.3. The summed E-state index contributed by atoms with van der Waals surface area (Å²) in [4.78, 5) is -0.0809. The molecule has 0 saturated heterocycles. The molecule has 17 heavy (non-hydrogen) atoms. The van der Waals surface area contributed by atoms with Crippen molar-refractivity contribution in [1.82, 2.24) is 4.72 Å². The molecule has 96 valence electrons. The van der Waals surface area contributed by atoms with E-state index < -0.39 is 23.0 Å². The first-order chi connectivity index (χ1) is 7.86. The first-order valence-corrected chi connectivity index (χ1v) is 6.20. The number of nitrogens with one attached hydrogen (secondary N) is 2. The summed E-state index contributed by atoms with van der Waals surface area (Å²) in [6.07, 6.45) is -2.49. The predicted octanol–water partition coefficient (Wildman–Crippen LogP) is 0.854. The predicted molar refractivity (Wildman–Crippen MR) is 61.6 cm³/mol. The Morgan fingerprint density at radius 3 is 2.53 bits per heavy atom. The molecular weight excluding hydrogens is 252 g/mol. The standard InChI is InChI=1S/C9H13F2N3O2S/c1-13-17(15,16)8-3-2-6(4-7(8)12)14-5-9(10)11/h2-4,9,13-14H,5,12H2,1H3. The van der Waals surface area contributed by atoms with Crippen LogP contribution in [0, 0.1) is 0 Å². The van der Waals surface area contributed by atoms with Crippen LogP contribution in [0.4, 0.5) is 20.2 Å². The third kappa shape index (κ3) is 3.53. The van der Waals surface area contributed by atoms with Crippen molar-refractivity contribution in [3.8, 4) is 0 Å². The third-order valence-electron chi connectivity index (χ3n) is 2.03. The van der Waals surface area contributed by atoms with Gasteiger partial charge in [-0.1, -0.05) is 0 Å². The van der Waals surface area contributed by atoms with Gasteiger partial charge in [0.2, 0.25) is 10.0 Å². The van der Waals surface area contributed by atoms with Gasteiger partial charge in [0.15, 0.2) is 0 Å². The molecule has 0 amide bonds. The topological polar surface area (TPSA) is 84.2 Å². The Hall–Kier alpha value is -1.41. The molecule has 0 unspecified atom stereocenters. The molecule has 0 aliphatic heterocycles. The van der Waals surface area contributed by atoms with Crippen LogP contribution in [0.25, 0.3) is 0 Å². The summed E-state index contributed by atoms with van der Waals surface area (Å²) in [5.74, 6) is 0. The molecule has 1 rings (SSSR count). The van der Waals surface area contributed by atoms with E-state index in [-0.39, 0.29) is 10.6 Å². The first-order valence-electron chi connectivity index (χ1n) is 4.72. The zero-order valence-electron chi connectivity index (χ0n) is 9.07. The highest BCUT2D eigenvalue weighted by molar-refractivity contribution is 7.89. The number of hydrogen-bond donors (Lipinski definition) is 3. The summed E-state index contributed by atoms with van der Waals surface area (Å²) in [5.41, 5.74) is 5.89. The van der Waals surface area contributed by atoms with Gasteiger partial charge < -0.3 is 11.1 Å². The molecule has 4 N–H and O–H groups in total. The molecule has 1 aromatic carbocycles. The van der Waals surface area contributed by atoms with Crippen LogP contribution in [0.15, 0.2) is 23.1 Å². The molecule has 0 spiro atoms. The molecule has 5 nitrogen and oxygen atoms in total. The summed E-state index contributed by atoms with van der Waals surface area (Å²) >= 11 is 0. The lowest BCUT2D eigenvalue weighted by Crippen LogP contribution is -2.20. The molecule has 0 bridgehead atoms. The van der Waals surface area contributed by atoms with E-state index >= 15 is 0 Å². The van der Waals surface area contributed by atoms with Gasteiger partial charge in [-0.25, -0.2) is 21.9 Å². The molecule has 0 aliphatic rings. The Labute approximate surface area is 98.1 Å². The molecule has 0 atom stereocenters. The summed E-state index contributed by atoms with van der Waals surface area (Å²) < 4.78 is 48.9. The maximum atomic E-state index is 11.9. The van der Waals surface area contributed by atoms with E-state index in [0.29, 0.717) is 5.69 Å². The minimum absolute atomic E-state index is 0.00128. The van der Waals surface area contributed by atoms with Crippen LogP contribution in [0.2, 0.25) is 0 Å². The number of rotatable bonds is 5. The minimum atomic E-state index is -3.63. The number of benzene rings is 1. The Kier molecular flexibility index (Phi) is 4.24. The van der Waals surface area contributed by atoms with E-state index in [1.807, 2.05) is 0 Å². The van der Waals surface area contributed by atoms with Gasteiger partial charge in [-0.2, -0.15) is 0 Å². The second-order valence-electron chi connectivity index (χ2n) is 3.23. The highest BCUT2D eigenvalue weighted by Crippen LogP contribution is 2.22. The molecule has 0 aromatic heterocycles. The Morgan fingerprint density at radius 2 is 2.06 bits per heavy atom. The second kappa shape index (κ2) is 5.28. The normalized spacial score (nSPS) is 11.8. The fraction of sp³-hybridized carbons (Fsp3) is 0.333. The van der Waals surface area contributed by atoms with E-state index in [1.54, 1.807) is 0 Å². The quantitative estimate of drug-likeness (QED) is 0.689. The monoisotopic (exact) mass is 265 g/mol. The van der Waals surface area contributed by atoms with Crippen molar-refractivity contribution in [2.45, 2.75) is 11.3 Å². The minimum Gasteiger partial charge on any atom is -0.398 e. The van der Waals surface area contributed by atoms with Crippen LogP contribution < -0.4 is 15.8 Å². The molecular formula is C9H13F2N3O2S. The van der Waals surface area contributed by atoms with E-state index in [9.17, 15) is 17.2 Å². The fourth-order valence-corrected chi connectivity index (χ4v) is 2.04. The Bertz CT molecular complexity index is 491. The summed E-state index contributed by atoms with van der Waals surface area (Å²) in [5, 5.41) is 2.44. The van der Waals surface area contributed by atoms with E-state index in [4.69, 9.17) is 5.73 Å². The second-order valence-corrected chi connectivity index (χ2v) is 5.09. The maximum absolute atomic E-state index is 11.9. The number of sulfonamides is 1. The average Bonchev–Trinajstić information content (AvgIpc) is 2.26. The molecule has 8 heteroatoms. The number of halogens is 2. The van der Waals surface area contributed by atoms with Crippen LogP contribution in [0.5, 0.6) is 0 Å². The van der Waals surface area contributed by atoms with Crippen molar-refractivity contribution in [2.24, 2.45) is 0 Å². The largest absolute Gasteiger partial charge is 0.398 e.